The van der Waals surface area contributed by atoms with Gasteiger partial charge in [0.25, 0.3) is 0 Å². The first kappa shape index (κ1) is 23.7. The Labute approximate surface area is 215 Å². The van der Waals surface area contributed by atoms with Gasteiger partial charge in [0.15, 0.2) is 0 Å². The van der Waals surface area contributed by atoms with E-state index in [1.807, 2.05) is 19.3 Å². The Morgan fingerprint density at radius 1 is 1.22 bits per heavy atom. The monoisotopic (exact) mass is 501 g/mol. The van der Waals surface area contributed by atoms with E-state index in [-0.39, 0.29) is 11.7 Å². The van der Waals surface area contributed by atoms with Crippen LogP contribution in [0.4, 0.5) is 0 Å². The number of hydrogen-bond acceptors (Lipinski definition) is 6. The van der Waals surface area contributed by atoms with Crippen molar-refractivity contribution in [2.75, 3.05) is 13.2 Å². The first-order valence-corrected chi connectivity index (χ1v) is 12.7. The van der Waals surface area contributed by atoms with Crippen LogP contribution in [-0.4, -0.2) is 54.6 Å². The third-order valence-electron chi connectivity index (χ3n) is 7.35. The van der Waals surface area contributed by atoms with E-state index >= 15 is 0 Å². The molecule has 1 fully saturated rings. The fourth-order valence-corrected chi connectivity index (χ4v) is 5.21. The molecule has 4 heterocycles. The van der Waals surface area contributed by atoms with Crippen LogP contribution in [0.15, 0.2) is 42.6 Å². The lowest BCUT2D eigenvalue weighted by atomic mass is 9.97. The molecule has 2 aliphatic heterocycles. The van der Waals surface area contributed by atoms with Gasteiger partial charge in [0, 0.05) is 32.9 Å². The molecule has 2 aromatic heterocycles. The number of carboxylic acid groups (broad SMARTS) is 1. The average Bonchev–Trinajstić information content (AvgIpc) is 3.42. The summed E-state index contributed by atoms with van der Waals surface area (Å²) >= 11 is 0. The largest absolute Gasteiger partial charge is 0.487 e. The summed E-state index contributed by atoms with van der Waals surface area (Å²) in [7, 11) is 1.90. The van der Waals surface area contributed by atoms with Gasteiger partial charge in [-0.1, -0.05) is 6.07 Å². The van der Waals surface area contributed by atoms with Crippen molar-refractivity contribution in [3.8, 4) is 5.75 Å². The molecule has 6 rings (SSSR count). The van der Waals surface area contributed by atoms with Crippen LogP contribution >= 0.6 is 0 Å². The third kappa shape index (κ3) is 4.84. The number of hydrogen-bond donors (Lipinski definition) is 1. The Kier molecular flexibility index (Phi) is 6.18. The quantitative estimate of drug-likeness (QED) is 0.393. The normalized spacial score (nSPS) is 17.5. The smallest absolute Gasteiger partial charge is 0.335 e. The average molecular weight is 502 g/mol. The van der Waals surface area contributed by atoms with Gasteiger partial charge in [0.2, 0.25) is 0 Å². The van der Waals surface area contributed by atoms with Crippen LogP contribution in [-0.2, 0) is 44.4 Å². The molecular formula is C28H31N5O4. The SMILES string of the molecule is Cc1cc2c(cc1OCc1ccn(C)n1)CN(Cc1nc3ccc(C(=O)O)cc3n1C[C@@H]1CCO1)CC2. The molecule has 2 aliphatic rings. The summed E-state index contributed by atoms with van der Waals surface area (Å²) in [6.07, 6.45) is 4.04. The second-order valence-electron chi connectivity index (χ2n) is 10.0. The Morgan fingerprint density at radius 3 is 2.81 bits per heavy atom. The molecule has 2 aromatic carbocycles. The summed E-state index contributed by atoms with van der Waals surface area (Å²) in [5.74, 6) is 0.900. The van der Waals surface area contributed by atoms with E-state index in [0.717, 1.165) is 66.4 Å². The highest BCUT2D eigenvalue weighted by atomic mass is 16.5. The van der Waals surface area contributed by atoms with Gasteiger partial charge in [0.05, 0.1) is 41.5 Å². The molecular weight excluding hydrogens is 470 g/mol. The lowest BCUT2D eigenvalue weighted by molar-refractivity contribution is -0.0592. The van der Waals surface area contributed by atoms with Crippen molar-refractivity contribution in [3.63, 3.8) is 0 Å². The maximum atomic E-state index is 11.6. The molecule has 0 saturated carbocycles. The summed E-state index contributed by atoms with van der Waals surface area (Å²) in [5, 5.41) is 13.9. The minimum Gasteiger partial charge on any atom is -0.487 e. The lowest BCUT2D eigenvalue weighted by Gasteiger charge is -2.31. The fraction of sp³-hybridized carbons (Fsp3) is 0.393. The maximum Gasteiger partial charge on any atom is 0.335 e. The van der Waals surface area contributed by atoms with E-state index in [9.17, 15) is 9.90 Å². The molecule has 4 aromatic rings. The lowest BCUT2D eigenvalue weighted by Crippen LogP contribution is -2.34. The van der Waals surface area contributed by atoms with E-state index in [1.165, 1.54) is 11.1 Å². The highest BCUT2D eigenvalue weighted by Gasteiger charge is 2.25. The molecule has 0 amide bonds. The van der Waals surface area contributed by atoms with Crippen molar-refractivity contribution in [3.05, 3.63) is 76.4 Å². The Bertz CT molecular complexity index is 1470. The summed E-state index contributed by atoms with van der Waals surface area (Å²) in [4.78, 5) is 18.9. The number of nitrogens with zero attached hydrogens (tertiary/aromatic N) is 5. The maximum absolute atomic E-state index is 11.6. The third-order valence-corrected chi connectivity index (χ3v) is 7.35. The van der Waals surface area contributed by atoms with Crippen molar-refractivity contribution in [2.24, 2.45) is 7.05 Å². The van der Waals surface area contributed by atoms with E-state index in [4.69, 9.17) is 14.5 Å². The minimum atomic E-state index is -0.930. The van der Waals surface area contributed by atoms with Crippen LogP contribution in [0.1, 0.15) is 45.0 Å². The number of aromatic nitrogens is 4. The zero-order valence-electron chi connectivity index (χ0n) is 21.2. The van der Waals surface area contributed by atoms with Gasteiger partial charge < -0.3 is 19.1 Å². The molecule has 0 bridgehead atoms. The molecule has 37 heavy (non-hydrogen) atoms. The van der Waals surface area contributed by atoms with Crippen molar-refractivity contribution in [1.82, 2.24) is 24.2 Å². The van der Waals surface area contributed by atoms with Crippen molar-refractivity contribution in [1.29, 1.82) is 0 Å². The molecule has 0 aliphatic carbocycles. The summed E-state index contributed by atoms with van der Waals surface area (Å²) in [6, 6.07) is 11.5. The molecule has 9 heteroatoms. The first-order valence-electron chi connectivity index (χ1n) is 12.7. The van der Waals surface area contributed by atoms with Crippen molar-refractivity contribution >= 4 is 17.0 Å². The number of aryl methyl sites for hydroxylation is 2. The molecule has 0 spiro atoms. The number of fused-ring (bicyclic) bond motifs is 2. The van der Waals surface area contributed by atoms with Gasteiger partial charge in [-0.05, 0) is 66.8 Å². The molecule has 0 radical (unpaired) electrons. The highest BCUT2D eigenvalue weighted by molar-refractivity contribution is 5.92. The Hall–Kier alpha value is -3.69. The minimum absolute atomic E-state index is 0.147. The Balaban J connectivity index is 1.23. The van der Waals surface area contributed by atoms with Gasteiger partial charge in [-0.25, -0.2) is 9.78 Å². The number of aromatic carboxylic acids is 1. The summed E-state index contributed by atoms with van der Waals surface area (Å²) < 4.78 is 15.8. The van der Waals surface area contributed by atoms with Crippen LogP contribution in [0.25, 0.3) is 11.0 Å². The molecule has 9 nitrogen and oxygen atoms in total. The second-order valence-corrected chi connectivity index (χ2v) is 10.0. The van der Waals surface area contributed by atoms with Crippen molar-refractivity contribution in [2.45, 2.75) is 52.1 Å². The van der Waals surface area contributed by atoms with E-state index in [1.54, 1.807) is 22.9 Å². The van der Waals surface area contributed by atoms with E-state index in [0.29, 0.717) is 19.7 Å². The number of ether oxygens (including phenoxy) is 2. The predicted molar refractivity (Wildman–Crippen MR) is 138 cm³/mol. The topological polar surface area (TPSA) is 94.6 Å². The van der Waals surface area contributed by atoms with E-state index in [2.05, 4.69) is 33.6 Å². The zero-order chi connectivity index (χ0) is 25.5. The van der Waals surface area contributed by atoms with Crippen LogP contribution in [0.5, 0.6) is 5.75 Å². The van der Waals surface area contributed by atoms with Crippen molar-refractivity contribution < 1.29 is 19.4 Å². The highest BCUT2D eigenvalue weighted by Crippen LogP contribution is 2.30. The van der Waals surface area contributed by atoms with Crippen LogP contribution in [0.3, 0.4) is 0 Å². The summed E-state index contributed by atoms with van der Waals surface area (Å²) in [5.41, 5.74) is 6.62. The predicted octanol–water partition coefficient (Wildman–Crippen LogP) is 3.70. The first-order chi connectivity index (χ1) is 17.9. The Morgan fingerprint density at radius 2 is 2.08 bits per heavy atom. The van der Waals surface area contributed by atoms with Crippen LogP contribution < -0.4 is 4.74 Å². The molecule has 1 saturated heterocycles. The van der Waals surface area contributed by atoms with Gasteiger partial charge in [0.1, 0.15) is 18.2 Å². The molecule has 1 N–H and O–H groups in total. The fourth-order valence-electron chi connectivity index (χ4n) is 5.21. The van der Waals surface area contributed by atoms with E-state index < -0.39 is 5.97 Å². The molecule has 1 atom stereocenters. The van der Waals surface area contributed by atoms with Crippen LogP contribution in [0, 0.1) is 6.92 Å². The second kappa shape index (κ2) is 9.64. The van der Waals surface area contributed by atoms with Gasteiger partial charge in [-0.15, -0.1) is 0 Å². The number of benzene rings is 2. The standard InChI is InChI=1S/C28H31N5O4/c1-18-11-19-5-9-32(14-21(19)13-26(18)37-17-22-6-8-31(2)30-22)16-27-29-24-4-3-20(28(34)35)12-25(24)33(27)15-23-7-10-36-23/h3-4,6,8,11-13,23H,5,7,9-10,14-17H2,1-2H3,(H,34,35)/t23-/m0/s1. The molecule has 192 valence electrons. The molecule has 0 unspecified atom stereocenters. The number of carboxylic acids is 1. The van der Waals surface area contributed by atoms with Gasteiger partial charge in [-0.3, -0.25) is 9.58 Å². The van der Waals surface area contributed by atoms with Gasteiger partial charge >= 0.3 is 5.97 Å². The summed E-state index contributed by atoms with van der Waals surface area (Å²) in [6.45, 7) is 6.42. The van der Waals surface area contributed by atoms with Gasteiger partial charge in [-0.2, -0.15) is 5.10 Å². The number of carbonyl (C=O) groups is 1. The zero-order valence-corrected chi connectivity index (χ0v) is 21.2. The number of rotatable bonds is 8. The number of imidazole rings is 1. The van der Waals surface area contributed by atoms with Crippen LogP contribution in [0.2, 0.25) is 0 Å².